The molecule has 0 amide bonds. The van der Waals surface area contributed by atoms with E-state index in [1.54, 1.807) is 0 Å². The monoisotopic (exact) mass is 258 g/mol. The molecule has 1 aromatic carbocycles. The third kappa shape index (κ3) is 2.02. The van der Waals surface area contributed by atoms with Crippen molar-refractivity contribution in [3.63, 3.8) is 0 Å². The van der Waals surface area contributed by atoms with Gasteiger partial charge in [-0.3, -0.25) is 4.21 Å². The standard InChI is InChI=1S/C10H11BrOS/c1-7-2-5-9(11)10(6-7)13(12)8-3-4-8/h2,5-6,8H,3-4H2,1H3. The van der Waals surface area contributed by atoms with Crippen LogP contribution in [0.4, 0.5) is 0 Å². The number of hydrogen-bond donors (Lipinski definition) is 0. The van der Waals surface area contributed by atoms with Crippen molar-refractivity contribution in [2.24, 2.45) is 0 Å². The average molecular weight is 259 g/mol. The maximum atomic E-state index is 11.9. The number of hydrogen-bond acceptors (Lipinski definition) is 1. The fraction of sp³-hybridized carbons (Fsp3) is 0.400. The normalized spacial score (nSPS) is 18.6. The zero-order valence-electron chi connectivity index (χ0n) is 7.42. The molecule has 1 saturated carbocycles. The molecule has 3 heteroatoms. The minimum absolute atomic E-state index is 0.415. The fourth-order valence-corrected chi connectivity index (χ4v) is 3.44. The Bertz CT molecular complexity index is 358. The molecule has 0 heterocycles. The molecule has 1 atom stereocenters. The van der Waals surface area contributed by atoms with E-state index in [1.807, 2.05) is 25.1 Å². The summed E-state index contributed by atoms with van der Waals surface area (Å²) >= 11 is 3.43. The maximum Gasteiger partial charge on any atom is 0.0572 e. The highest BCUT2D eigenvalue weighted by Gasteiger charge is 2.30. The maximum absolute atomic E-state index is 11.9. The molecule has 0 radical (unpaired) electrons. The van der Waals surface area contributed by atoms with Gasteiger partial charge in [-0.15, -0.1) is 0 Å². The molecule has 0 spiro atoms. The summed E-state index contributed by atoms with van der Waals surface area (Å²) in [5.41, 5.74) is 1.17. The smallest absolute Gasteiger partial charge is 0.0572 e. The van der Waals surface area contributed by atoms with E-state index in [2.05, 4.69) is 15.9 Å². The van der Waals surface area contributed by atoms with Crippen LogP contribution in [0.5, 0.6) is 0 Å². The summed E-state index contributed by atoms with van der Waals surface area (Å²) in [5, 5.41) is 0.415. The van der Waals surface area contributed by atoms with Gasteiger partial charge in [0.2, 0.25) is 0 Å². The van der Waals surface area contributed by atoms with Gasteiger partial charge in [0.1, 0.15) is 0 Å². The Kier molecular flexibility index (Phi) is 2.56. The van der Waals surface area contributed by atoms with Crippen LogP contribution in [0.3, 0.4) is 0 Å². The lowest BCUT2D eigenvalue weighted by atomic mass is 10.2. The van der Waals surface area contributed by atoms with Crippen LogP contribution in [0, 0.1) is 6.92 Å². The Morgan fingerprint density at radius 2 is 2.15 bits per heavy atom. The van der Waals surface area contributed by atoms with Gasteiger partial charge < -0.3 is 0 Å². The van der Waals surface area contributed by atoms with Crippen LogP contribution in [-0.4, -0.2) is 9.46 Å². The van der Waals surface area contributed by atoms with Gasteiger partial charge in [-0.05, 0) is 53.4 Å². The van der Waals surface area contributed by atoms with Crippen LogP contribution in [0.15, 0.2) is 27.6 Å². The van der Waals surface area contributed by atoms with Gasteiger partial charge in [-0.2, -0.15) is 0 Å². The summed E-state index contributed by atoms with van der Waals surface area (Å²) < 4.78 is 12.8. The van der Waals surface area contributed by atoms with Crippen molar-refractivity contribution >= 4 is 26.7 Å². The molecule has 0 saturated heterocycles. The van der Waals surface area contributed by atoms with Gasteiger partial charge in [-0.1, -0.05) is 6.07 Å². The Morgan fingerprint density at radius 3 is 2.77 bits per heavy atom. The molecule has 2 rings (SSSR count). The molecular formula is C10H11BrOS. The first-order valence-corrected chi connectivity index (χ1v) is 6.36. The lowest BCUT2D eigenvalue weighted by molar-refractivity contribution is 0.682. The zero-order chi connectivity index (χ0) is 9.42. The van der Waals surface area contributed by atoms with Crippen LogP contribution in [0.1, 0.15) is 18.4 Å². The Hall–Kier alpha value is -0.150. The van der Waals surface area contributed by atoms with Crippen LogP contribution in [0.25, 0.3) is 0 Å². The lowest BCUT2D eigenvalue weighted by Gasteiger charge is -2.04. The highest BCUT2D eigenvalue weighted by Crippen LogP contribution is 2.33. The quantitative estimate of drug-likeness (QED) is 0.797. The largest absolute Gasteiger partial charge is 0.254 e. The predicted octanol–water partition coefficient (Wildman–Crippen LogP) is 3.03. The van der Waals surface area contributed by atoms with Gasteiger partial charge in [0.25, 0.3) is 0 Å². The summed E-state index contributed by atoms with van der Waals surface area (Å²) in [5.74, 6) is 0. The minimum Gasteiger partial charge on any atom is -0.254 e. The molecule has 1 fully saturated rings. The van der Waals surface area contributed by atoms with Gasteiger partial charge in [0.05, 0.1) is 15.7 Å². The van der Waals surface area contributed by atoms with Crippen molar-refractivity contribution in [3.8, 4) is 0 Å². The molecule has 1 aliphatic carbocycles. The van der Waals surface area contributed by atoms with Crippen molar-refractivity contribution < 1.29 is 4.21 Å². The molecule has 0 aliphatic heterocycles. The Morgan fingerprint density at radius 1 is 1.46 bits per heavy atom. The molecule has 0 aromatic heterocycles. The van der Waals surface area contributed by atoms with E-state index in [0.717, 1.165) is 22.2 Å². The fourth-order valence-electron chi connectivity index (χ4n) is 1.23. The Labute approximate surface area is 89.1 Å². The molecular weight excluding hydrogens is 248 g/mol. The van der Waals surface area contributed by atoms with Crippen LogP contribution in [-0.2, 0) is 10.8 Å². The van der Waals surface area contributed by atoms with Gasteiger partial charge in [0, 0.05) is 9.72 Å². The van der Waals surface area contributed by atoms with Gasteiger partial charge in [-0.25, -0.2) is 0 Å². The second-order valence-corrected chi connectivity index (χ2v) is 5.99. The van der Waals surface area contributed by atoms with Gasteiger partial charge in [0.15, 0.2) is 0 Å². The topological polar surface area (TPSA) is 17.1 Å². The van der Waals surface area contributed by atoms with E-state index in [4.69, 9.17) is 0 Å². The summed E-state index contributed by atoms with van der Waals surface area (Å²) in [7, 11) is -0.793. The molecule has 0 bridgehead atoms. The summed E-state index contributed by atoms with van der Waals surface area (Å²) in [6.07, 6.45) is 2.24. The number of rotatable bonds is 2. The summed E-state index contributed by atoms with van der Waals surface area (Å²) in [4.78, 5) is 0.961. The Balaban J connectivity index is 2.37. The van der Waals surface area contributed by atoms with E-state index < -0.39 is 10.8 Å². The second-order valence-electron chi connectivity index (χ2n) is 3.43. The van der Waals surface area contributed by atoms with Crippen molar-refractivity contribution in [2.45, 2.75) is 29.9 Å². The summed E-state index contributed by atoms with van der Waals surface area (Å²) in [6, 6.07) is 6.02. The van der Waals surface area contributed by atoms with E-state index in [1.165, 1.54) is 5.56 Å². The van der Waals surface area contributed by atoms with E-state index in [9.17, 15) is 4.21 Å². The predicted molar refractivity (Wildman–Crippen MR) is 58.3 cm³/mol. The number of benzene rings is 1. The molecule has 1 nitrogen and oxygen atoms in total. The van der Waals surface area contributed by atoms with Crippen LogP contribution < -0.4 is 0 Å². The highest BCUT2D eigenvalue weighted by molar-refractivity contribution is 9.10. The second kappa shape index (κ2) is 3.54. The molecule has 1 aromatic rings. The first-order chi connectivity index (χ1) is 6.18. The minimum atomic E-state index is -0.793. The van der Waals surface area contributed by atoms with Crippen molar-refractivity contribution in [2.75, 3.05) is 0 Å². The SMILES string of the molecule is Cc1ccc(Br)c(S(=O)C2CC2)c1. The molecule has 0 N–H and O–H groups in total. The van der Waals surface area contributed by atoms with E-state index >= 15 is 0 Å². The third-order valence-corrected chi connectivity index (χ3v) is 4.93. The summed E-state index contributed by atoms with van der Waals surface area (Å²) in [6.45, 7) is 2.03. The first kappa shape index (κ1) is 9.41. The third-order valence-electron chi connectivity index (χ3n) is 2.13. The molecule has 1 aliphatic rings. The van der Waals surface area contributed by atoms with E-state index in [-0.39, 0.29) is 0 Å². The van der Waals surface area contributed by atoms with Crippen molar-refractivity contribution in [3.05, 3.63) is 28.2 Å². The van der Waals surface area contributed by atoms with Crippen molar-refractivity contribution in [1.29, 1.82) is 0 Å². The number of aryl methyl sites for hydroxylation is 1. The van der Waals surface area contributed by atoms with Crippen LogP contribution in [0.2, 0.25) is 0 Å². The van der Waals surface area contributed by atoms with E-state index in [0.29, 0.717) is 5.25 Å². The highest BCUT2D eigenvalue weighted by atomic mass is 79.9. The molecule has 1 unspecified atom stereocenters. The van der Waals surface area contributed by atoms with Gasteiger partial charge >= 0.3 is 0 Å². The number of halogens is 1. The lowest BCUT2D eigenvalue weighted by Crippen LogP contribution is -1.98. The first-order valence-electron chi connectivity index (χ1n) is 4.35. The molecule has 70 valence electrons. The zero-order valence-corrected chi connectivity index (χ0v) is 9.82. The van der Waals surface area contributed by atoms with Crippen molar-refractivity contribution in [1.82, 2.24) is 0 Å². The van der Waals surface area contributed by atoms with Crippen LogP contribution >= 0.6 is 15.9 Å². The molecule has 13 heavy (non-hydrogen) atoms. The average Bonchev–Trinajstić information content (AvgIpc) is 2.91.